The molecule has 4 heterocycles. The van der Waals surface area contributed by atoms with E-state index in [1.54, 1.807) is 0 Å². The first kappa shape index (κ1) is 32.3. The normalized spacial score (nSPS) is 13.1. The van der Waals surface area contributed by atoms with Gasteiger partial charge in [-0.3, -0.25) is 4.57 Å². The van der Waals surface area contributed by atoms with Crippen LogP contribution in [0.25, 0.3) is 108 Å². The van der Waals surface area contributed by atoms with E-state index < -0.39 is 0 Å². The smallest absolute Gasteiger partial charge is 0.195 e. The summed E-state index contributed by atoms with van der Waals surface area (Å²) in [5.41, 5.74) is 14.9. The van der Waals surface area contributed by atoms with Crippen molar-refractivity contribution in [1.29, 1.82) is 0 Å². The monoisotopic (exact) mass is 775 g/mol. The van der Waals surface area contributed by atoms with Gasteiger partial charge in [0, 0.05) is 47.4 Å². The second-order valence-electron chi connectivity index (χ2n) is 15.5. The Kier molecular flexibility index (Phi) is 6.88. The molecule has 0 fully saturated rings. The Labute approximate surface area is 342 Å². The summed E-state index contributed by atoms with van der Waals surface area (Å²) >= 11 is 3.70. The molecule has 4 aromatic heterocycles. The van der Waals surface area contributed by atoms with E-state index in [0.717, 1.165) is 23.5 Å². The number of hydrogen-bond acceptors (Lipinski definition) is 3. The van der Waals surface area contributed by atoms with Gasteiger partial charge in [-0.1, -0.05) is 114 Å². The molecule has 8 aromatic carbocycles. The molecule has 0 spiro atoms. The molecule has 0 unspecified atom stereocenters. The number of aryl methyl sites for hydroxylation is 1. The second-order valence-corrected chi connectivity index (χ2v) is 17.5. The van der Waals surface area contributed by atoms with Crippen LogP contribution in [0.2, 0.25) is 0 Å². The van der Waals surface area contributed by atoms with Crippen molar-refractivity contribution in [1.82, 2.24) is 14.1 Å². The van der Waals surface area contributed by atoms with Gasteiger partial charge in [0.1, 0.15) is 0 Å². The molecule has 0 saturated carbocycles. The van der Waals surface area contributed by atoms with Crippen LogP contribution >= 0.6 is 22.7 Å². The summed E-state index contributed by atoms with van der Waals surface area (Å²) in [4.78, 5) is 5.37. The quantitative estimate of drug-likeness (QED) is 0.175. The van der Waals surface area contributed by atoms with Crippen molar-refractivity contribution in [3.63, 3.8) is 0 Å². The first-order chi connectivity index (χ1) is 28.7. The third kappa shape index (κ3) is 4.75. The van der Waals surface area contributed by atoms with Crippen molar-refractivity contribution in [2.45, 2.75) is 12.8 Å². The van der Waals surface area contributed by atoms with E-state index >= 15 is 0 Å². The maximum absolute atomic E-state index is 5.37. The fraction of sp³-hybridized carbons (Fsp3) is 0.0377. The number of allylic oxidation sites excluding steroid dienone is 1. The Bertz CT molecular complexity index is 3690. The Morgan fingerprint density at radius 1 is 0.448 bits per heavy atom. The van der Waals surface area contributed by atoms with Gasteiger partial charge in [-0.2, -0.15) is 0 Å². The number of aromatic nitrogens is 3. The number of benzene rings is 8. The Morgan fingerprint density at radius 2 is 1.07 bits per heavy atom. The highest BCUT2D eigenvalue weighted by molar-refractivity contribution is 7.28. The number of fused-ring (bicyclic) bond motifs is 12. The minimum atomic E-state index is 0.999. The van der Waals surface area contributed by atoms with E-state index in [1.165, 1.54) is 108 Å². The van der Waals surface area contributed by atoms with Gasteiger partial charge in [0.25, 0.3) is 0 Å². The fourth-order valence-electron chi connectivity index (χ4n) is 9.56. The zero-order valence-electron chi connectivity index (χ0n) is 31.3. The summed E-state index contributed by atoms with van der Waals surface area (Å²) in [7, 11) is 0. The molecule has 13 rings (SSSR count). The van der Waals surface area contributed by atoms with Crippen LogP contribution in [0.4, 0.5) is 0 Å². The molecule has 1 aliphatic carbocycles. The number of thiophene rings is 1. The maximum Gasteiger partial charge on any atom is 0.195 e. The van der Waals surface area contributed by atoms with Gasteiger partial charge in [0.05, 0.1) is 32.3 Å². The average molecular weight is 776 g/mol. The molecule has 3 nitrogen and oxygen atoms in total. The van der Waals surface area contributed by atoms with E-state index in [2.05, 4.69) is 185 Å². The van der Waals surface area contributed by atoms with Crippen molar-refractivity contribution in [2.75, 3.05) is 0 Å². The number of rotatable bonds is 4. The molecular weight excluding hydrogens is 743 g/mol. The topological polar surface area (TPSA) is 22.8 Å². The lowest BCUT2D eigenvalue weighted by Gasteiger charge is -2.16. The van der Waals surface area contributed by atoms with E-state index in [9.17, 15) is 0 Å². The third-order valence-electron chi connectivity index (χ3n) is 12.3. The predicted octanol–water partition coefficient (Wildman–Crippen LogP) is 15.0. The summed E-state index contributed by atoms with van der Waals surface area (Å²) < 4.78 is 8.65. The predicted molar refractivity (Wildman–Crippen MR) is 249 cm³/mol. The molecule has 0 radical (unpaired) electrons. The van der Waals surface area contributed by atoms with Crippen molar-refractivity contribution in [3.05, 3.63) is 187 Å². The van der Waals surface area contributed by atoms with Crippen LogP contribution in [0, 0.1) is 0 Å². The number of hydrogen-bond donors (Lipinski definition) is 0. The van der Waals surface area contributed by atoms with Crippen molar-refractivity contribution >= 4 is 108 Å². The molecule has 0 aliphatic heterocycles. The van der Waals surface area contributed by atoms with Gasteiger partial charge in [-0.15, -0.1) is 11.3 Å². The molecule has 0 bridgehead atoms. The lowest BCUT2D eigenvalue weighted by Crippen LogP contribution is -1.98. The molecule has 58 heavy (non-hydrogen) atoms. The number of thiazole rings is 1. The van der Waals surface area contributed by atoms with Gasteiger partial charge in [0.15, 0.2) is 5.13 Å². The summed E-state index contributed by atoms with van der Waals surface area (Å²) in [6, 6.07) is 62.5. The maximum atomic E-state index is 5.37. The van der Waals surface area contributed by atoms with Gasteiger partial charge in [0.2, 0.25) is 0 Å². The molecule has 1 aliphatic rings. The molecule has 0 amide bonds. The van der Waals surface area contributed by atoms with Crippen LogP contribution in [0.3, 0.4) is 0 Å². The molecule has 12 aromatic rings. The van der Waals surface area contributed by atoms with Crippen molar-refractivity contribution < 1.29 is 0 Å². The first-order valence-corrected chi connectivity index (χ1v) is 21.5. The highest BCUT2D eigenvalue weighted by Crippen LogP contribution is 2.45. The SMILES string of the molecule is C1=C(c2ccc3sc4ccc5nc(-n6c7ccccc7c7cc(-c8ccc9c(c8)c8ccccc8n9-c8ccccc8)ccc76)sc5c4c3c2)CCc2ccccc21. The molecule has 272 valence electrons. The van der Waals surface area contributed by atoms with Gasteiger partial charge in [-0.25, -0.2) is 4.98 Å². The van der Waals surface area contributed by atoms with E-state index in [-0.39, 0.29) is 0 Å². The summed E-state index contributed by atoms with van der Waals surface area (Å²) in [6.07, 6.45) is 4.54. The van der Waals surface area contributed by atoms with Crippen LogP contribution in [-0.4, -0.2) is 14.1 Å². The van der Waals surface area contributed by atoms with Crippen molar-refractivity contribution in [2.24, 2.45) is 0 Å². The zero-order chi connectivity index (χ0) is 37.9. The van der Waals surface area contributed by atoms with Gasteiger partial charge < -0.3 is 4.57 Å². The molecule has 5 heteroatoms. The lowest BCUT2D eigenvalue weighted by molar-refractivity contribution is 1.00. The average Bonchev–Trinajstić information content (AvgIpc) is 4.05. The third-order valence-corrected chi connectivity index (χ3v) is 14.5. The Morgan fingerprint density at radius 3 is 1.86 bits per heavy atom. The molecule has 0 saturated heterocycles. The van der Waals surface area contributed by atoms with Crippen LogP contribution in [-0.2, 0) is 6.42 Å². The fourth-order valence-corrected chi connectivity index (χ4v) is 11.9. The number of nitrogens with zero attached hydrogens (tertiary/aromatic N) is 3. The molecular formula is C53H33N3S2. The minimum absolute atomic E-state index is 0.999. The molecule has 0 N–H and O–H groups in total. The highest BCUT2D eigenvalue weighted by Gasteiger charge is 2.20. The minimum Gasteiger partial charge on any atom is -0.309 e. The Hall–Kier alpha value is -6.79. The largest absolute Gasteiger partial charge is 0.309 e. The van der Waals surface area contributed by atoms with Crippen LogP contribution < -0.4 is 0 Å². The Balaban J connectivity index is 0.957. The van der Waals surface area contributed by atoms with Crippen LogP contribution in [0.1, 0.15) is 23.1 Å². The standard InChI is InChI=1S/C53H33N3S2/c1-2-12-38(13-3-1)55-45-16-8-6-14-39(45)41-29-35(20-24-47(41)55)36-21-25-48-42(30-36)40-15-7-9-17-46(40)56(48)53-54-44-23-27-50-51(52(44)58-53)43-31-37(22-26-49(43)57-50)34-19-18-32-10-4-5-11-33(32)28-34/h1-17,20-31H,18-19H2. The first-order valence-electron chi connectivity index (χ1n) is 19.9. The number of para-hydroxylation sites is 3. The van der Waals surface area contributed by atoms with Gasteiger partial charge in [-0.05, 0) is 119 Å². The lowest BCUT2D eigenvalue weighted by atomic mass is 9.88. The summed E-state index contributed by atoms with van der Waals surface area (Å²) in [6.45, 7) is 0. The second kappa shape index (κ2) is 12.4. The van der Waals surface area contributed by atoms with E-state index in [0.29, 0.717) is 0 Å². The van der Waals surface area contributed by atoms with Crippen LogP contribution in [0.5, 0.6) is 0 Å². The van der Waals surface area contributed by atoms with E-state index in [1.807, 2.05) is 22.7 Å². The van der Waals surface area contributed by atoms with E-state index in [4.69, 9.17) is 4.98 Å². The zero-order valence-corrected chi connectivity index (χ0v) is 32.9. The highest BCUT2D eigenvalue weighted by atomic mass is 32.1. The van der Waals surface area contributed by atoms with Gasteiger partial charge >= 0.3 is 0 Å². The van der Waals surface area contributed by atoms with Crippen molar-refractivity contribution in [3.8, 4) is 21.9 Å². The molecule has 0 atom stereocenters. The summed E-state index contributed by atoms with van der Waals surface area (Å²) in [5.74, 6) is 0. The van der Waals surface area contributed by atoms with Crippen LogP contribution in [0.15, 0.2) is 170 Å². The summed E-state index contributed by atoms with van der Waals surface area (Å²) in [5, 5.41) is 8.64.